The van der Waals surface area contributed by atoms with Gasteiger partial charge < -0.3 is 14.2 Å². The molecule has 0 aliphatic carbocycles. The van der Waals surface area contributed by atoms with Gasteiger partial charge in [-0.25, -0.2) is 4.98 Å². The van der Waals surface area contributed by atoms with Gasteiger partial charge >= 0.3 is 0 Å². The fourth-order valence-corrected chi connectivity index (χ4v) is 4.95. The summed E-state index contributed by atoms with van der Waals surface area (Å²) in [6.07, 6.45) is 5.57. The third kappa shape index (κ3) is 3.77. The van der Waals surface area contributed by atoms with E-state index in [1.165, 1.54) is 42.9 Å². The highest BCUT2D eigenvalue weighted by molar-refractivity contribution is 7.20. The molecule has 0 N–H and O–H groups in total. The summed E-state index contributed by atoms with van der Waals surface area (Å²) in [7, 11) is 1.57. The molecule has 3 aromatic rings. The Morgan fingerprint density at radius 2 is 2.00 bits per heavy atom. The minimum absolute atomic E-state index is 0.0200. The number of hydrogen-bond acceptors (Lipinski definition) is 5. The van der Waals surface area contributed by atoms with Crippen molar-refractivity contribution in [3.63, 3.8) is 0 Å². The van der Waals surface area contributed by atoms with Crippen LogP contribution in [0.3, 0.4) is 0 Å². The summed E-state index contributed by atoms with van der Waals surface area (Å²) in [6.45, 7) is 6.63. The van der Waals surface area contributed by atoms with Gasteiger partial charge in [0.2, 0.25) is 11.7 Å². The fraction of sp³-hybridized carbons (Fsp3) is 0.429. The van der Waals surface area contributed by atoms with Gasteiger partial charge in [-0.15, -0.1) is 11.3 Å². The summed E-state index contributed by atoms with van der Waals surface area (Å²) in [6, 6.07) is 7.69. The van der Waals surface area contributed by atoms with Crippen LogP contribution in [0.2, 0.25) is 0 Å². The molecule has 4 rings (SSSR count). The van der Waals surface area contributed by atoms with Crippen LogP contribution in [0.4, 0.5) is 0 Å². The number of pyridine rings is 1. The topological polar surface area (TPSA) is 47.4 Å². The quantitative estimate of drug-likeness (QED) is 0.601. The van der Waals surface area contributed by atoms with Crippen molar-refractivity contribution in [1.29, 1.82) is 0 Å². The van der Waals surface area contributed by atoms with E-state index in [0.29, 0.717) is 11.4 Å². The lowest BCUT2D eigenvalue weighted by molar-refractivity contribution is 0.104. The second-order valence-corrected chi connectivity index (χ2v) is 8.16. The molecule has 6 heteroatoms. The zero-order valence-corrected chi connectivity index (χ0v) is 16.7. The molecular weight excluding hydrogens is 358 g/mol. The molecule has 142 valence electrons. The van der Waals surface area contributed by atoms with E-state index in [9.17, 15) is 4.79 Å². The molecule has 0 radical (unpaired) electrons. The molecular formula is C21H25N3O2S. The van der Waals surface area contributed by atoms with Crippen molar-refractivity contribution in [2.75, 3.05) is 26.7 Å². The summed E-state index contributed by atoms with van der Waals surface area (Å²) < 4.78 is 7.43. The van der Waals surface area contributed by atoms with E-state index in [0.717, 1.165) is 23.4 Å². The Balaban J connectivity index is 1.54. The monoisotopic (exact) mass is 383 g/mol. The molecule has 0 aromatic carbocycles. The van der Waals surface area contributed by atoms with E-state index in [-0.39, 0.29) is 5.78 Å². The summed E-state index contributed by atoms with van der Waals surface area (Å²) >= 11 is 1.58. The number of carbonyl (C=O) groups excluding carboxylic acids is 1. The highest BCUT2D eigenvalue weighted by Gasteiger charge is 2.17. The number of methoxy groups -OCH3 is 1. The van der Waals surface area contributed by atoms with Gasteiger partial charge in [0, 0.05) is 42.0 Å². The predicted molar refractivity (Wildman–Crippen MR) is 109 cm³/mol. The first-order valence-electron chi connectivity index (χ1n) is 9.52. The number of fused-ring (bicyclic) bond motifs is 1. The van der Waals surface area contributed by atoms with Crippen LogP contribution < -0.4 is 4.74 Å². The number of aromatic nitrogens is 2. The molecule has 4 heterocycles. The van der Waals surface area contributed by atoms with Crippen molar-refractivity contribution in [3.05, 3.63) is 46.6 Å². The highest BCUT2D eigenvalue weighted by atomic mass is 32.1. The van der Waals surface area contributed by atoms with Crippen LogP contribution in [0.1, 0.15) is 40.2 Å². The Bertz CT molecular complexity index is 936. The lowest BCUT2D eigenvalue weighted by Crippen LogP contribution is -2.32. The Kier molecular flexibility index (Phi) is 5.27. The van der Waals surface area contributed by atoms with Crippen LogP contribution in [0.5, 0.6) is 5.88 Å². The lowest BCUT2D eigenvalue weighted by atomic mass is 10.1. The minimum Gasteiger partial charge on any atom is -0.481 e. The van der Waals surface area contributed by atoms with Gasteiger partial charge in [-0.3, -0.25) is 4.79 Å². The van der Waals surface area contributed by atoms with Crippen LogP contribution in [0.15, 0.2) is 30.5 Å². The maximum Gasteiger partial charge on any atom is 0.212 e. The molecule has 0 spiro atoms. The van der Waals surface area contributed by atoms with E-state index >= 15 is 0 Å². The van der Waals surface area contributed by atoms with E-state index in [1.807, 2.05) is 6.07 Å². The van der Waals surface area contributed by atoms with Crippen LogP contribution in [0.25, 0.3) is 10.2 Å². The SMILES string of the molecule is COc1ccc(C(=O)c2cc3cc(C)n(CCN4CCCCC4)c3s2)cn1. The molecule has 0 amide bonds. The zero-order chi connectivity index (χ0) is 18.8. The number of rotatable bonds is 6. The normalized spacial score (nSPS) is 15.3. The van der Waals surface area contributed by atoms with Crippen molar-refractivity contribution < 1.29 is 9.53 Å². The van der Waals surface area contributed by atoms with E-state index in [4.69, 9.17) is 4.74 Å². The number of piperidine rings is 1. The van der Waals surface area contributed by atoms with E-state index in [2.05, 4.69) is 27.4 Å². The van der Waals surface area contributed by atoms with Gasteiger partial charge in [-0.1, -0.05) is 6.42 Å². The number of ketones is 1. The summed E-state index contributed by atoms with van der Waals surface area (Å²) in [4.78, 5) is 21.5. The summed E-state index contributed by atoms with van der Waals surface area (Å²) in [5, 5.41) is 1.15. The largest absolute Gasteiger partial charge is 0.481 e. The molecule has 1 aliphatic heterocycles. The Hall–Kier alpha value is -2.18. The van der Waals surface area contributed by atoms with Crippen molar-refractivity contribution in [2.24, 2.45) is 0 Å². The van der Waals surface area contributed by atoms with Crippen LogP contribution in [-0.2, 0) is 6.54 Å². The van der Waals surface area contributed by atoms with Gasteiger partial charge in [0.1, 0.15) is 4.83 Å². The van der Waals surface area contributed by atoms with Crippen molar-refractivity contribution in [1.82, 2.24) is 14.5 Å². The van der Waals surface area contributed by atoms with Gasteiger partial charge in [0.05, 0.1) is 12.0 Å². The first-order valence-corrected chi connectivity index (χ1v) is 10.3. The van der Waals surface area contributed by atoms with Crippen LogP contribution in [0, 0.1) is 6.92 Å². The first-order chi connectivity index (χ1) is 13.2. The number of carbonyl (C=O) groups is 1. The molecule has 0 atom stereocenters. The van der Waals surface area contributed by atoms with Gasteiger partial charge in [0.15, 0.2) is 0 Å². The predicted octanol–water partition coefficient (Wildman–Crippen LogP) is 4.13. The molecule has 0 bridgehead atoms. The number of thiophene rings is 1. The number of ether oxygens (including phenoxy) is 1. The standard InChI is InChI=1S/C21H25N3O2S/c1-15-12-17-13-18(20(25)16-6-7-19(26-2)22-14-16)27-21(17)24(15)11-10-23-8-4-3-5-9-23/h6-7,12-14H,3-5,8-11H2,1-2H3. The smallest absolute Gasteiger partial charge is 0.212 e. The Morgan fingerprint density at radius 3 is 2.70 bits per heavy atom. The van der Waals surface area contributed by atoms with Gasteiger partial charge in [0.25, 0.3) is 0 Å². The van der Waals surface area contributed by atoms with Crippen LogP contribution >= 0.6 is 11.3 Å². The Labute approximate surface area is 163 Å². The zero-order valence-electron chi connectivity index (χ0n) is 15.9. The molecule has 5 nitrogen and oxygen atoms in total. The van der Waals surface area contributed by atoms with Crippen LogP contribution in [-0.4, -0.2) is 47.0 Å². The minimum atomic E-state index is 0.0200. The molecule has 27 heavy (non-hydrogen) atoms. The summed E-state index contributed by atoms with van der Waals surface area (Å²) in [5.41, 5.74) is 1.86. The van der Waals surface area contributed by atoms with Crippen molar-refractivity contribution in [2.45, 2.75) is 32.7 Å². The maximum atomic E-state index is 12.8. The number of nitrogens with zero attached hydrogens (tertiary/aromatic N) is 3. The molecule has 0 unspecified atom stereocenters. The average Bonchev–Trinajstić information content (AvgIpc) is 3.24. The summed E-state index contributed by atoms with van der Waals surface area (Å²) in [5.74, 6) is 0.536. The molecule has 1 saturated heterocycles. The highest BCUT2D eigenvalue weighted by Crippen LogP contribution is 2.30. The molecule has 1 aliphatic rings. The molecule has 0 saturated carbocycles. The third-order valence-electron chi connectivity index (χ3n) is 5.30. The first kappa shape index (κ1) is 18.2. The van der Waals surface area contributed by atoms with E-state index < -0.39 is 0 Å². The van der Waals surface area contributed by atoms with Crippen molar-refractivity contribution >= 4 is 27.3 Å². The lowest BCUT2D eigenvalue weighted by Gasteiger charge is -2.26. The van der Waals surface area contributed by atoms with Gasteiger partial charge in [-0.2, -0.15) is 0 Å². The maximum absolute atomic E-state index is 12.8. The van der Waals surface area contributed by atoms with Crippen molar-refractivity contribution in [3.8, 4) is 5.88 Å². The van der Waals surface area contributed by atoms with Gasteiger partial charge in [-0.05, 0) is 51.1 Å². The number of hydrogen-bond donors (Lipinski definition) is 0. The molecule has 3 aromatic heterocycles. The van der Waals surface area contributed by atoms with E-state index in [1.54, 1.807) is 36.8 Å². The Morgan fingerprint density at radius 1 is 1.19 bits per heavy atom. The number of likely N-dealkylation sites (tertiary alicyclic amines) is 1. The third-order valence-corrected chi connectivity index (χ3v) is 6.47. The number of aryl methyl sites for hydroxylation is 1. The second-order valence-electron chi connectivity index (χ2n) is 7.13. The average molecular weight is 384 g/mol. The second kappa shape index (κ2) is 7.82. The molecule has 1 fully saturated rings. The fourth-order valence-electron chi connectivity index (χ4n) is 3.76.